The molecule has 10 aromatic rings. The molecule has 1 aliphatic heterocycles. The molecule has 0 bridgehead atoms. The highest BCUT2D eigenvalue weighted by Crippen LogP contribution is 2.45. The van der Waals surface area contributed by atoms with Crippen LogP contribution in [0, 0.1) is 0 Å². The lowest BCUT2D eigenvalue weighted by molar-refractivity contribution is 0.481. The van der Waals surface area contributed by atoms with Gasteiger partial charge in [0.25, 0.3) is 0 Å². The predicted molar refractivity (Wildman–Crippen MR) is 212 cm³/mol. The van der Waals surface area contributed by atoms with Gasteiger partial charge in [0.05, 0.1) is 11.4 Å². The van der Waals surface area contributed by atoms with E-state index in [2.05, 4.69) is 139 Å². The van der Waals surface area contributed by atoms with E-state index in [1.54, 1.807) is 0 Å². The van der Waals surface area contributed by atoms with Crippen molar-refractivity contribution in [3.63, 3.8) is 0 Å². The highest BCUT2D eigenvalue weighted by molar-refractivity contribution is 6.25. The molecule has 0 saturated carbocycles. The molecule has 2 heterocycles. The number of hydrogen-bond acceptors (Lipinski definition) is 3. The fraction of sp³-hybridized carbons (Fsp3) is 0. The summed E-state index contributed by atoms with van der Waals surface area (Å²) in [5.41, 5.74) is 10.5. The van der Waals surface area contributed by atoms with E-state index < -0.39 is 0 Å². The van der Waals surface area contributed by atoms with Gasteiger partial charge in [0.2, 0.25) is 0 Å². The van der Waals surface area contributed by atoms with E-state index in [0.717, 1.165) is 72.6 Å². The van der Waals surface area contributed by atoms with E-state index in [9.17, 15) is 0 Å². The topological polar surface area (TPSA) is 34.4 Å². The number of furan rings is 1. The fourth-order valence-electron chi connectivity index (χ4n) is 7.93. The molecule has 0 radical (unpaired) electrons. The number of anilines is 2. The molecule has 0 fully saturated rings. The molecule has 3 heteroatoms. The van der Waals surface area contributed by atoms with Gasteiger partial charge in [-0.25, -0.2) is 0 Å². The van der Waals surface area contributed by atoms with Crippen molar-refractivity contribution >= 4 is 65.6 Å². The second kappa shape index (κ2) is 10.8. The van der Waals surface area contributed by atoms with Gasteiger partial charge in [-0.2, -0.15) is 0 Å². The van der Waals surface area contributed by atoms with Gasteiger partial charge in [-0.3, -0.25) is 0 Å². The van der Waals surface area contributed by atoms with Gasteiger partial charge in [0.1, 0.15) is 11.2 Å². The lowest BCUT2D eigenvalue weighted by atomic mass is 9.89. The van der Waals surface area contributed by atoms with Gasteiger partial charge in [0, 0.05) is 10.8 Å². The maximum Gasteiger partial charge on any atom is 0.151 e. The molecule has 1 aromatic heterocycles. The van der Waals surface area contributed by atoms with E-state index in [0.29, 0.717) is 0 Å². The van der Waals surface area contributed by atoms with E-state index in [1.165, 1.54) is 37.9 Å². The molecular formula is C48H29NO2. The zero-order valence-corrected chi connectivity index (χ0v) is 27.5. The summed E-state index contributed by atoms with van der Waals surface area (Å²) >= 11 is 0. The first-order valence-electron chi connectivity index (χ1n) is 17.3. The summed E-state index contributed by atoms with van der Waals surface area (Å²) in [6, 6.07) is 60.7. The van der Waals surface area contributed by atoms with Crippen LogP contribution in [0.15, 0.2) is 174 Å². The minimum Gasteiger partial charge on any atom is -0.456 e. The largest absolute Gasteiger partial charge is 0.456 e. The van der Waals surface area contributed by atoms with Gasteiger partial charge in [0.15, 0.2) is 11.5 Å². The lowest BCUT2D eigenvalue weighted by Crippen LogP contribution is -2.02. The quantitative estimate of drug-likeness (QED) is 0.193. The Balaban J connectivity index is 1.12. The molecule has 0 aliphatic carbocycles. The first kappa shape index (κ1) is 28.0. The summed E-state index contributed by atoms with van der Waals surface area (Å²) in [5.74, 6) is 1.64. The number of ether oxygens (including phenoxy) is 1. The average Bonchev–Trinajstić information content (AvgIpc) is 3.57. The molecule has 3 nitrogen and oxygen atoms in total. The Labute approximate surface area is 294 Å². The van der Waals surface area contributed by atoms with Crippen LogP contribution in [0.2, 0.25) is 0 Å². The van der Waals surface area contributed by atoms with Crippen molar-refractivity contribution in [1.82, 2.24) is 0 Å². The molecule has 238 valence electrons. The van der Waals surface area contributed by atoms with Gasteiger partial charge in [-0.1, -0.05) is 103 Å². The zero-order chi connectivity index (χ0) is 33.5. The Morgan fingerprint density at radius 2 is 0.784 bits per heavy atom. The Morgan fingerprint density at radius 3 is 1.51 bits per heavy atom. The van der Waals surface area contributed by atoms with Crippen molar-refractivity contribution in [1.29, 1.82) is 0 Å². The van der Waals surface area contributed by atoms with E-state index in [4.69, 9.17) is 9.15 Å². The van der Waals surface area contributed by atoms with Crippen LogP contribution >= 0.6 is 0 Å². The van der Waals surface area contributed by atoms with E-state index in [-0.39, 0.29) is 0 Å². The third kappa shape index (κ3) is 4.45. The van der Waals surface area contributed by atoms with Crippen LogP contribution in [0.3, 0.4) is 0 Å². The van der Waals surface area contributed by atoms with Crippen LogP contribution in [0.25, 0.3) is 87.6 Å². The maximum atomic E-state index is 6.40. The second-order valence-corrected chi connectivity index (χ2v) is 13.4. The van der Waals surface area contributed by atoms with Crippen LogP contribution < -0.4 is 10.1 Å². The molecule has 0 saturated heterocycles. The van der Waals surface area contributed by atoms with Crippen molar-refractivity contribution in [3.05, 3.63) is 170 Å². The van der Waals surface area contributed by atoms with Crippen LogP contribution in [-0.4, -0.2) is 0 Å². The molecular weight excluding hydrogens is 623 g/mol. The second-order valence-electron chi connectivity index (χ2n) is 13.4. The molecule has 0 amide bonds. The number of benzene rings is 9. The number of hydrogen-bond donors (Lipinski definition) is 1. The summed E-state index contributed by atoms with van der Waals surface area (Å²) in [5, 5.41) is 13.4. The number of rotatable bonds is 3. The van der Waals surface area contributed by atoms with Crippen LogP contribution in [0.5, 0.6) is 11.5 Å². The van der Waals surface area contributed by atoms with Crippen molar-refractivity contribution < 1.29 is 9.15 Å². The maximum absolute atomic E-state index is 6.40. The van der Waals surface area contributed by atoms with Crippen molar-refractivity contribution in [2.75, 3.05) is 5.32 Å². The molecule has 0 spiro atoms. The smallest absolute Gasteiger partial charge is 0.151 e. The zero-order valence-electron chi connectivity index (χ0n) is 27.5. The minimum absolute atomic E-state index is 0.813. The minimum atomic E-state index is 0.813. The molecule has 0 atom stereocenters. The van der Waals surface area contributed by atoms with Gasteiger partial charge < -0.3 is 14.5 Å². The van der Waals surface area contributed by atoms with Crippen molar-refractivity contribution in [2.45, 2.75) is 0 Å². The third-order valence-corrected chi connectivity index (χ3v) is 10.4. The molecule has 9 aromatic carbocycles. The normalized spacial score (nSPS) is 12.2. The van der Waals surface area contributed by atoms with Crippen LogP contribution in [0.4, 0.5) is 11.4 Å². The Kier molecular flexibility index (Phi) is 5.96. The lowest BCUT2D eigenvalue weighted by Gasteiger charge is -2.22. The molecule has 11 rings (SSSR count). The molecule has 51 heavy (non-hydrogen) atoms. The first-order chi connectivity index (χ1) is 25.2. The summed E-state index contributed by atoms with van der Waals surface area (Å²) in [4.78, 5) is 0. The van der Waals surface area contributed by atoms with Crippen LogP contribution in [0.1, 0.15) is 0 Å². The monoisotopic (exact) mass is 651 g/mol. The van der Waals surface area contributed by atoms with Gasteiger partial charge in [-0.15, -0.1) is 0 Å². The highest BCUT2D eigenvalue weighted by Gasteiger charge is 2.18. The number of nitrogens with one attached hydrogen (secondary N) is 1. The van der Waals surface area contributed by atoms with Crippen molar-refractivity contribution in [2.24, 2.45) is 0 Å². The number of para-hydroxylation sites is 3. The summed E-state index contributed by atoms with van der Waals surface area (Å²) < 4.78 is 12.6. The SMILES string of the molecule is c1ccc2c(c1)Nc1ccc(-c3cc(-c4ccc5oc6ccccc6c5c4)cc(-c4ccc5c6ccccc6c6ccccc6c5c4)c3)cc1O2. The molecule has 1 N–H and O–H groups in total. The first-order valence-corrected chi connectivity index (χ1v) is 17.3. The van der Waals surface area contributed by atoms with E-state index >= 15 is 0 Å². The van der Waals surface area contributed by atoms with Gasteiger partial charge >= 0.3 is 0 Å². The summed E-state index contributed by atoms with van der Waals surface area (Å²) in [7, 11) is 0. The fourth-order valence-corrected chi connectivity index (χ4v) is 7.93. The summed E-state index contributed by atoms with van der Waals surface area (Å²) in [6.07, 6.45) is 0. The average molecular weight is 652 g/mol. The molecule has 0 unspecified atom stereocenters. The number of fused-ring (bicyclic) bond motifs is 11. The predicted octanol–water partition coefficient (Wildman–Crippen LogP) is 13.9. The standard InChI is InChI=1S/C48H29NO2/c1-2-11-37-35(9-1)36-10-3-4-12-38(36)41-26-29(17-20-39(37)41)32-23-33(30-19-22-46-42(27-30)40-13-5-7-15-45(40)50-46)25-34(24-32)31-18-21-44-48(28-31)51-47-16-8-6-14-43(47)49-44/h1-28,49H. The van der Waals surface area contributed by atoms with Gasteiger partial charge in [-0.05, 0) is 132 Å². The Morgan fingerprint density at radius 1 is 0.294 bits per heavy atom. The Bertz CT molecular complexity index is 3010. The Hall–Kier alpha value is -6.84. The van der Waals surface area contributed by atoms with Crippen molar-refractivity contribution in [3.8, 4) is 44.9 Å². The summed E-state index contributed by atoms with van der Waals surface area (Å²) in [6.45, 7) is 0. The molecule has 1 aliphatic rings. The van der Waals surface area contributed by atoms with Crippen LogP contribution in [-0.2, 0) is 0 Å². The third-order valence-electron chi connectivity index (χ3n) is 10.4. The van der Waals surface area contributed by atoms with E-state index in [1.807, 2.05) is 36.4 Å². The highest BCUT2D eigenvalue weighted by atomic mass is 16.5.